The normalized spacial score (nSPS) is 10.3. The number of methoxy groups -OCH3 is 1. The Hall–Kier alpha value is -3.41. The Morgan fingerprint density at radius 3 is 2.63 bits per heavy atom. The Kier molecular flexibility index (Phi) is 5.66. The molecule has 0 saturated carbocycles. The SMILES string of the molecule is COc1cccc(NC(=O)c2cc(NCc3ccccc3C)nc(C)n2)c1. The fourth-order valence-electron chi connectivity index (χ4n) is 2.66. The molecule has 3 rings (SSSR count). The maximum Gasteiger partial charge on any atom is 0.274 e. The summed E-state index contributed by atoms with van der Waals surface area (Å²) >= 11 is 0. The second kappa shape index (κ2) is 8.31. The molecule has 0 aliphatic heterocycles. The van der Waals surface area contributed by atoms with Gasteiger partial charge in [-0.3, -0.25) is 4.79 Å². The van der Waals surface area contributed by atoms with E-state index >= 15 is 0 Å². The molecular formula is C21H22N4O2. The molecule has 1 amide bonds. The van der Waals surface area contributed by atoms with Gasteiger partial charge in [-0.25, -0.2) is 9.97 Å². The van der Waals surface area contributed by atoms with Crippen LogP contribution in [-0.2, 0) is 6.54 Å². The predicted molar refractivity (Wildman–Crippen MR) is 106 cm³/mol. The first-order valence-corrected chi connectivity index (χ1v) is 8.64. The lowest BCUT2D eigenvalue weighted by Gasteiger charge is -2.11. The first kappa shape index (κ1) is 18.4. The first-order valence-electron chi connectivity index (χ1n) is 8.64. The van der Waals surface area contributed by atoms with E-state index in [0.29, 0.717) is 35.3 Å². The minimum atomic E-state index is -0.298. The van der Waals surface area contributed by atoms with Gasteiger partial charge in [0.15, 0.2) is 0 Å². The van der Waals surface area contributed by atoms with Gasteiger partial charge in [-0.1, -0.05) is 30.3 Å². The average molecular weight is 362 g/mol. The Bertz CT molecular complexity index is 956. The number of aromatic nitrogens is 2. The van der Waals surface area contributed by atoms with E-state index in [1.165, 1.54) is 11.1 Å². The molecule has 6 heteroatoms. The monoisotopic (exact) mass is 362 g/mol. The van der Waals surface area contributed by atoms with E-state index in [0.717, 1.165) is 0 Å². The van der Waals surface area contributed by atoms with E-state index in [1.54, 1.807) is 32.2 Å². The maximum atomic E-state index is 12.6. The number of nitrogens with zero attached hydrogens (tertiary/aromatic N) is 2. The average Bonchev–Trinajstić information content (AvgIpc) is 2.67. The number of benzene rings is 2. The highest BCUT2D eigenvalue weighted by molar-refractivity contribution is 6.03. The number of nitrogens with one attached hydrogen (secondary N) is 2. The quantitative estimate of drug-likeness (QED) is 0.694. The summed E-state index contributed by atoms with van der Waals surface area (Å²) in [6.07, 6.45) is 0. The van der Waals surface area contributed by atoms with Gasteiger partial charge in [-0.05, 0) is 37.1 Å². The zero-order valence-corrected chi connectivity index (χ0v) is 15.6. The molecule has 0 aliphatic rings. The standard InChI is InChI=1S/C21H22N4O2/c1-14-7-4-5-8-16(14)13-22-20-12-19(23-15(2)24-20)21(26)25-17-9-6-10-18(11-17)27-3/h4-12H,13H2,1-3H3,(H,25,26)(H,22,23,24). The highest BCUT2D eigenvalue weighted by Crippen LogP contribution is 2.18. The second-order valence-electron chi connectivity index (χ2n) is 6.15. The van der Waals surface area contributed by atoms with Crippen molar-refractivity contribution in [2.24, 2.45) is 0 Å². The van der Waals surface area contributed by atoms with Gasteiger partial charge < -0.3 is 15.4 Å². The summed E-state index contributed by atoms with van der Waals surface area (Å²) in [5.74, 6) is 1.52. The third kappa shape index (κ3) is 4.82. The molecule has 0 atom stereocenters. The number of hydrogen-bond donors (Lipinski definition) is 2. The van der Waals surface area contributed by atoms with Gasteiger partial charge in [0, 0.05) is 24.4 Å². The molecule has 0 spiro atoms. The number of aryl methyl sites for hydroxylation is 2. The Labute approximate surface area is 158 Å². The summed E-state index contributed by atoms with van der Waals surface area (Å²) in [5, 5.41) is 6.10. The van der Waals surface area contributed by atoms with Gasteiger partial charge in [0.1, 0.15) is 23.1 Å². The van der Waals surface area contributed by atoms with Gasteiger partial charge >= 0.3 is 0 Å². The van der Waals surface area contributed by atoms with Crippen LogP contribution in [-0.4, -0.2) is 23.0 Å². The molecule has 3 aromatic rings. The Balaban J connectivity index is 1.74. The van der Waals surface area contributed by atoms with Crippen LogP contribution in [0.1, 0.15) is 27.4 Å². The van der Waals surface area contributed by atoms with Crippen LogP contribution >= 0.6 is 0 Å². The van der Waals surface area contributed by atoms with Crippen molar-refractivity contribution in [3.8, 4) is 5.75 Å². The summed E-state index contributed by atoms with van der Waals surface area (Å²) in [4.78, 5) is 21.2. The predicted octanol–water partition coefficient (Wildman–Crippen LogP) is 3.97. The molecule has 0 aliphatic carbocycles. The van der Waals surface area contributed by atoms with E-state index in [4.69, 9.17) is 4.74 Å². The van der Waals surface area contributed by atoms with Crippen molar-refractivity contribution in [2.75, 3.05) is 17.7 Å². The van der Waals surface area contributed by atoms with E-state index < -0.39 is 0 Å². The van der Waals surface area contributed by atoms with E-state index in [1.807, 2.05) is 24.3 Å². The van der Waals surface area contributed by atoms with Gasteiger partial charge in [-0.2, -0.15) is 0 Å². The van der Waals surface area contributed by atoms with Gasteiger partial charge in [0.05, 0.1) is 7.11 Å². The van der Waals surface area contributed by atoms with Crippen LogP contribution < -0.4 is 15.4 Å². The van der Waals surface area contributed by atoms with Crippen molar-refractivity contribution in [3.05, 3.63) is 77.2 Å². The fourth-order valence-corrected chi connectivity index (χ4v) is 2.66. The zero-order valence-electron chi connectivity index (χ0n) is 15.6. The van der Waals surface area contributed by atoms with E-state index in [2.05, 4.69) is 39.7 Å². The van der Waals surface area contributed by atoms with Crippen LogP contribution in [0.25, 0.3) is 0 Å². The number of rotatable bonds is 6. The molecule has 2 N–H and O–H groups in total. The molecule has 2 aromatic carbocycles. The Morgan fingerprint density at radius 2 is 1.85 bits per heavy atom. The van der Waals surface area contributed by atoms with Crippen LogP contribution in [0.2, 0.25) is 0 Å². The zero-order chi connectivity index (χ0) is 19.2. The highest BCUT2D eigenvalue weighted by Gasteiger charge is 2.11. The van der Waals surface area contributed by atoms with Crippen LogP contribution in [0.5, 0.6) is 5.75 Å². The van der Waals surface area contributed by atoms with Crippen molar-refractivity contribution in [1.82, 2.24) is 9.97 Å². The first-order chi connectivity index (χ1) is 13.0. The molecule has 0 bridgehead atoms. The number of carbonyl (C=O) groups is 1. The summed E-state index contributed by atoms with van der Waals surface area (Å²) in [6.45, 7) is 4.45. The molecule has 1 heterocycles. The maximum absolute atomic E-state index is 12.6. The van der Waals surface area contributed by atoms with Crippen molar-refractivity contribution in [2.45, 2.75) is 20.4 Å². The lowest BCUT2D eigenvalue weighted by Crippen LogP contribution is -2.16. The molecule has 1 aromatic heterocycles. The topological polar surface area (TPSA) is 76.1 Å². The smallest absolute Gasteiger partial charge is 0.274 e. The third-order valence-electron chi connectivity index (χ3n) is 4.12. The van der Waals surface area contributed by atoms with E-state index in [9.17, 15) is 4.79 Å². The van der Waals surface area contributed by atoms with Crippen molar-refractivity contribution in [3.63, 3.8) is 0 Å². The number of hydrogen-bond acceptors (Lipinski definition) is 5. The third-order valence-corrected chi connectivity index (χ3v) is 4.12. The van der Waals surface area contributed by atoms with Crippen LogP contribution in [0.4, 0.5) is 11.5 Å². The largest absolute Gasteiger partial charge is 0.497 e. The lowest BCUT2D eigenvalue weighted by atomic mass is 10.1. The summed E-state index contributed by atoms with van der Waals surface area (Å²) in [5.41, 5.74) is 3.32. The number of carbonyl (C=O) groups excluding carboxylic acids is 1. The second-order valence-corrected chi connectivity index (χ2v) is 6.15. The molecule has 0 unspecified atom stereocenters. The van der Waals surface area contributed by atoms with Crippen LogP contribution in [0.3, 0.4) is 0 Å². The Morgan fingerprint density at radius 1 is 1.04 bits per heavy atom. The lowest BCUT2D eigenvalue weighted by molar-refractivity contribution is 0.102. The van der Waals surface area contributed by atoms with Crippen molar-refractivity contribution >= 4 is 17.4 Å². The number of amides is 1. The number of anilines is 2. The molecule has 138 valence electrons. The molecule has 0 radical (unpaired) electrons. The molecule has 0 saturated heterocycles. The van der Waals surface area contributed by atoms with Gasteiger partial charge in [0.25, 0.3) is 5.91 Å². The molecule has 27 heavy (non-hydrogen) atoms. The van der Waals surface area contributed by atoms with Gasteiger partial charge in [0.2, 0.25) is 0 Å². The summed E-state index contributed by atoms with van der Waals surface area (Å²) in [6, 6.07) is 17.0. The van der Waals surface area contributed by atoms with Crippen molar-refractivity contribution in [1.29, 1.82) is 0 Å². The fraction of sp³-hybridized carbons (Fsp3) is 0.190. The van der Waals surface area contributed by atoms with E-state index in [-0.39, 0.29) is 5.91 Å². The van der Waals surface area contributed by atoms with Crippen LogP contribution in [0.15, 0.2) is 54.6 Å². The minimum Gasteiger partial charge on any atom is -0.497 e. The molecule has 6 nitrogen and oxygen atoms in total. The van der Waals surface area contributed by atoms with Gasteiger partial charge in [-0.15, -0.1) is 0 Å². The minimum absolute atomic E-state index is 0.298. The summed E-state index contributed by atoms with van der Waals surface area (Å²) in [7, 11) is 1.58. The van der Waals surface area contributed by atoms with Crippen LogP contribution in [0, 0.1) is 13.8 Å². The number of ether oxygens (including phenoxy) is 1. The molecule has 0 fully saturated rings. The van der Waals surface area contributed by atoms with Crippen molar-refractivity contribution < 1.29 is 9.53 Å². The highest BCUT2D eigenvalue weighted by atomic mass is 16.5. The molecular weight excluding hydrogens is 340 g/mol. The summed E-state index contributed by atoms with van der Waals surface area (Å²) < 4.78 is 5.18.